The summed E-state index contributed by atoms with van der Waals surface area (Å²) >= 11 is 0. The molecule has 5 rings (SSSR count). The highest BCUT2D eigenvalue weighted by Crippen LogP contribution is 2.43. The molecule has 1 atom stereocenters. The maximum atomic E-state index is 13.7. The Kier molecular flexibility index (Phi) is 8.36. The molecule has 3 aliphatic rings. The van der Waals surface area contributed by atoms with Gasteiger partial charge in [-0.15, -0.1) is 0 Å². The Balaban J connectivity index is 1.22. The van der Waals surface area contributed by atoms with Gasteiger partial charge < -0.3 is 20.4 Å². The normalized spacial score (nSPS) is 20.2. The standard InChI is InChI=1S/C32H42N4O3/c1-32(2)26-14-8-9-15-28(26)36(31(32)39)25-18-20-35(21-19-25)30(38)27(17-16-23-10-4-3-5-11-23)34-29(37)22-33-24-12-6-7-13-24/h3-5,8-11,14-15,24-25,27,33H,6-7,12-13,16-22H2,1-2H3,(H,34,37)/t27-/m0/s1. The monoisotopic (exact) mass is 530 g/mol. The molecule has 39 heavy (non-hydrogen) atoms. The van der Waals surface area contributed by atoms with Crippen LogP contribution in [0.4, 0.5) is 5.69 Å². The molecule has 3 amide bonds. The van der Waals surface area contributed by atoms with Crippen molar-refractivity contribution in [3.05, 3.63) is 65.7 Å². The van der Waals surface area contributed by atoms with Crippen LogP contribution in [0, 0.1) is 0 Å². The van der Waals surface area contributed by atoms with E-state index in [1.54, 1.807) is 0 Å². The van der Waals surface area contributed by atoms with Crippen molar-refractivity contribution in [1.29, 1.82) is 0 Å². The van der Waals surface area contributed by atoms with Crippen molar-refractivity contribution >= 4 is 23.4 Å². The summed E-state index contributed by atoms with van der Waals surface area (Å²) in [5, 5.41) is 6.41. The minimum absolute atomic E-state index is 0.0212. The highest BCUT2D eigenvalue weighted by Gasteiger charge is 2.46. The van der Waals surface area contributed by atoms with E-state index in [4.69, 9.17) is 0 Å². The van der Waals surface area contributed by atoms with Crippen LogP contribution in [-0.2, 0) is 26.2 Å². The molecule has 1 saturated heterocycles. The van der Waals surface area contributed by atoms with Crippen LogP contribution in [-0.4, -0.2) is 60.4 Å². The minimum atomic E-state index is -0.562. The van der Waals surface area contributed by atoms with Gasteiger partial charge in [0.15, 0.2) is 0 Å². The van der Waals surface area contributed by atoms with Crippen LogP contribution in [0.3, 0.4) is 0 Å². The van der Waals surface area contributed by atoms with Gasteiger partial charge in [-0.2, -0.15) is 0 Å². The summed E-state index contributed by atoms with van der Waals surface area (Å²) < 4.78 is 0. The van der Waals surface area contributed by atoms with Crippen molar-refractivity contribution in [2.45, 2.75) is 88.8 Å². The molecular weight excluding hydrogens is 488 g/mol. The van der Waals surface area contributed by atoms with E-state index in [1.165, 1.54) is 12.8 Å². The highest BCUT2D eigenvalue weighted by atomic mass is 16.2. The maximum absolute atomic E-state index is 13.7. The van der Waals surface area contributed by atoms with Gasteiger partial charge in [0.25, 0.3) is 0 Å². The molecule has 0 spiro atoms. The molecule has 2 heterocycles. The first-order valence-corrected chi connectivity index (χ1v) is 14.6. The quantitative estimate of drug-likeness (QED) is 0.515. The summed E-state index contributed by atoms with van der Waals surface area (Å²) in [5.74, 6) is -0.00647. The number of nitrogens with zero attached hydrogens (tertiary/aromatic N) is 2. The van der Waals surface area contributed by atoms with Crippen molar-refractivity contribution in [2.75, 3.05) is 24.5 Å². The Morgan fingerprint density at radius 3 is 2.33 bits per heavy atom. The number of benzene rings is 2. The van der Waals surface area contributed by atoms with Crippen LogP contribution in [0.2, 0.25) is 0 Å². The molecule has 2 aliphatic heterocycles. The van der Waals surface area contributed by atoms with E-state index < -0.39 is 11.5 Å². The zero-order chi connectivity index (χ0) is 27.4. The summed E-state index contributed by atoms with van der Waals surface area (Å²) in [7, 11) is 0. The van der Waals surface area contributed by atoms with E-state index in [2.05, 4.69) is 22.8 Å². The van der Waals surface area contributed by atoms with Gasteiger partial charge in [-0.05, 0) is 69.6 Å². The Labute approximate surface area is 232 Å². The van der Waals surface area contributed by atoms with Gasteiger partial charge in [-0.25, -0.2) is 0 Å². The number of piperidine rings is 1. The van der Waals surface area contributed by atoms with Crippen molar-refractivity contribution in [3.63, 3.8) is 0 Å². The third-order valence-corrected chi connectivity index (χ3v) is 8.84. The van der Waals surface area contributed by atoms with Gasteiger partial charge in [-0.1, -0.05) is 61.4 Å². The number of aryl methyl sites for hydroxylation is 1. The number of nitrogens with one attached hydrogen (secondary N) is 2. The number of carbonyl (C=O) groups excluding carboxylic acids is 3. The number of fused-ring (bicyclic) bond motifs is 1. The molecular formula is C32H42N4O3. The number of para-hydroxylation sites is 1. The molecule has 208 valence electrons. The fourth-order valence-electron chi connectivity index (χ4n) is 6.49. The van der Waals surface area contributed by atoms with Crippen molar-refractivity contribution in [3.8, 4) is 0 Å². The molecule has 0 aromatic heterocycles. The molecule has 2 N–H and O–H groups in total. The molecule has 7 heteroatoms. The number of hydrogen-bond acceptors (Lipinski definition) is 4. The molecule has 7 nitrogen and oxygen atoms in total. The molecule has 2 aromatic carbocycles. The van der Waals surface area contributed by atoms with Crippen LogP contribution < -0.4 is 15.5 Å². The molecule has 2 aromatic rings. The number of anilines is 1. The molecule has 0 unspecified atom stereocenters. The largest absolute Gasteiger partial charge is 0.343 e. The third-order valence-electron chi connectivity index (χ3n) is 8.84. The number of amides is 3. The average molecular weight is 531 g/mol. The van der Waals surface area contributed by atoms with Crippen LogP contribution in [0.25, 0.3) is 0 Å². The highest BCUT2D eigenvalue weighted by molar-refractivity contribution is 6.08. The molecule has 0 radical (unpaired) electrons. The first-order valence-electron chi connectivity index (χ1n) is 14.6. The van der Waals surface area contributed by atoms with E-state index in [1.807, 2.05) is 66.1 Å². The Hall–Kier alpha value is -3.19. The second-order valence-electron chi connectivity index (χ2n) is 11.9. The predicted molar refractivity (Wildman–Crippen MR) is 154 cm³/mol. The lowest BCUT2D eigenvalue weighted by molar-refractivity contribution is -0.137. The van der Waals surface area contributed by atoms with E-state index in [9.17, 15) is 14.4 Å². The first-order chi connectivity index (χ1) is 18.8. The SMILES string of the molecule is CC1(C)C(=O)N(C2CCN(C(=O)[C@H](CCc3ccccc3)NC(=O)CNC3CCCC3)CC2)c2ccccc21. The van der Waals surface area contributed by atoms with Gasteiger partial charge >= 0.3 is 0 Å². The lowest BCUT2D eigenvalue weighted by Crippen LogP contribution is -2.55. The molecule has 2 fully saturated rings. The van der Waals surface area contributed by atoms with Crippen LogP contribution in [0.15, 0.2) is 54.6 Å². The van der Waals surface area contributed by atoms with Gasteiger partial charge in [0.2, 0.25) is 17.7 Å². The van der Waals surface area contributed by atoms with Crippen LogP contribution >= 0.6 is 0 Å². The fraction of sp³-hybridized carbons (Fsp3) is 0.531. The minimum Gasteiger partial charge on any atom is -0.343 e. The van der Waals surface area contributed by atoms with Gasteiger partial charge in [0.1, 0.15) is 6.04 Å². The summed E-state index contributed by atoms with van der Waals surface area (Å²) in [4.78, 5) is 43.8. The Bertz CT molecular complexity index is 1170. The van der Waals surface area contributed by atoms with Crippen molar-refractivity contribution < 1.29 is 14.4 Å². The zero-order valence-corrected chi connectivity index (χ0v) is 23.3. The topological polar surface area (TPSA) is 81.8 Å². The summed E-state index contributed by atoms with van der Waals surface area (Å²) in [6.07, 6.45) is 7.37. The van der Waals surface area contributed by atoms with Crippen molar-refractivity contribution in [1.82, 2.24) is 15.5 Å². The van der Waals surface area contributed by atoms with E-state index in [0.29, 0.717) is 25.6 Å². The van der Waals surface area contributed by atoms with Crippen LogP contribution in [0.5, 0.6) is 0 Å². The lowest BCUT2D eigenvalue weighted by atomic mass is 9.86. The second-order valence-corrected chi connectivity index (χ2v) is 11.9. The number of hydrogen-bond donors (Lipinski definition) is 2. The van der Waals surface area contributed by atoms with Gasteiger partial charge in [0.05, 0.1) is 12.0 Å². The van der Waals surface area contributed by atoms with Gasteiger partial charge in [-0.3, -0.25) is 14.4 Å². The Morgan fingerprint density at radius 2 is 1.62 bits per heavy atom. The zero-order valence-electron chi connectivity index (χ0n) is 23.3. The molecule has 1 saturated carbocycles. The lowest BCUT2D eigenvalue weighted by Gasteiger charge is -2.38. The predicted octanol–water partition coefficient (Wildman–Crippen LogP) is 3.95. The first kappa shape index (κ1) is 27.4. The number of carbonyl (C=O) groups is 3. The van der Waals surface area contributed by atoms with Crippen molar-refractivity contribution in [2.24, 2.45) is 0 Å². The summed E-state index contributed by atoms with van der Waals surface area (Å²) in [5.41, 5.74) is 2.69. The summed E-state index contributed by atoms with van der Waals surface area (Å²) in [6, 6.07) is 18.1. The van der Waals surface area contributed by atoms with E-state index >= 15 is 0 Å². The second kappa shape index (κ2) is 11.9. The van der Waals surface area contributed by atoms with E-state index in [-0.39, 0.29) is 30.3 Å². The average Bonchev–Trinajstić information content (AvgIpc) is 3.55. The maximum Gasteiger partial charge on any atom is 0.245 e. The number of rotatable bonds is 9. The van der Waals surface area contributed by atoms with Gasteiger partial charge in [0, 0.05) is 30.9 Å². The molecule has 1 aliphatic carbocycles. The van der Waals surface area contributed by atoms with Crippen LogP contribution in [0.1, 0.15) is 69.9 Å². The number of likely N-dealkylation sites (tertiary alicyclic amines) is 1. The fourth-order valence-corrected chi connectivity index (χ4v) is 6.49. The van der Waals surface area contributed by atoms with E-state index in [0.717, 1.165) is 48.9 Å². The smallest absolute Gasteiger partial charge is 0.245 e. The summed E-state index contributed by atoms with van der Waals surface area (Å²) in [6.45, 7) is 5.39. The Morgan fingerprint density at radius 1 is 0.949 bits per heavy atom. The third kappa shape index (κ3) is 6.03. The molecule has 0 bridgehead atoms.